The van der Waals surface area contributed by atoms with Gasteiger partial charge in [0.05, 0.1) is 31.0 Å². The van der Waals surface area contributed by atoms with Gasteiger partial charge in [-0.3, -0.25) is 0 Å². The third kappa shape index (κ3) is 4.01. The van der Waals surface area contributed by atoms with Crippen LogP contribution in [0, 0.1) is 0 Å². The molecule has 0 amide bonds. The molecule has 1 saturated heterocycles. The largest absolute Gasteiger partial charge is 0.494 e. The Morgan fingerprint density at radius 2 is 1.55 bits per heavy atom. The summed E-state index contributed by atoms with van der Waals surface area (Å²) in [4.78, 5) is 0. The predicted octanol–water partition coefficient (Wildman–Crippen LogP) is 1.37. The minimum absolute atomic E-state index is 0.0305. The molecule has 0 radical (unpaired) electrons. The number of aliphatic hydroxyl groups excluding tert-OH is 1. The van der Waals surface area contributed by atoms with Crippen molar-refractivity contribution in [3.63, 3.8) is 0 Å². The molecule has 2 rings (SSSR count). The maximum atomic E-state index is 8.60. The van der Waals surface area contributed by atoms with Crippen LogP contribution in [0.1, 0.15) is 27.7 Å². The van der Waals surface area contributed by atoms with Crippen molar-refractivity contribution in [2.75, 3.05) is 26.4 Å². The summed E-state index contributed by atoms with van der Waals surface area (Å²) in [6.07, 6.45) is 0. The molecule has 1 aromatic rings. The minimum atomic E-state index is -0.355. The van der Waals surface area contributed by atoms with Crippen molar-refractivity contribution in [1.29, 1.82) is 0 Å². The van der Waals surface area contributed by atoms with E-state index >= 15 is 0 Å². The Bertz CT molecular complexity index is 456. The highest BCUT2D eigenvalue weighted by molar-refractivity contribution is 6.62. The van der Waals surface area contributed by atoms with E-state index in [9.17, 15) is 0 Å². The number of hydrogen-bond acceptors (Lipinski definition) is 5. The van der Waals surface area contributed by atoms with Gasteiger partial charge < -0.3 is 23.9 Å². The molecule has 122 valence electrons. The molecule has 1 aliphatic rings. The Balaban J connectivity index is 1.87. The van der Waals surface area contributed by atoms with Gasteiger partial charge in [0.15, 0.2) is 0 Å². The SMILES string of the molecule is CC1(C)OB(c2ccc(OCCOCCO)cc2)OC1(C)C. The van der Waals surface area contributed by atoms with Crippen molar-refractivity contribution in [3.05, 3.63) is 24.3 Å². The Labute approximate surface area is 132 Å². The third-order valence-electron chi connectivity index (χ3n) is 4.14. The first kappa shape index (κ1) is 17.3. The van der Waals surface area contributed by atoms with Gasteiger partial charge >= 0.3 is 7.12 Å². The summed E-state index contributed by atoms with van der Waals surface area (Å²) < 4.78 is 22.7. The lowest BCUT2D eigenvalue weighted by atomic mass is 9.79. The quantitative estimate of drug-likeness (QED) is 0.609. The van der Waals surface area contributed by atoms with Crippen LogP contribution in [0.2, 0.25) is 0 Å². The minimum Gasteiger partial charge on any atom is -0.491 e. The number of benzene rings is 1. The number of ether oxygens (including phenoxy) is 2. The summed E-state index contributed by atoms with van der Waals surface area (Å²) in [7, 11) is -0.355. The summed E-state index contributed by atoms with van der Waals surface area (Å²) in [6, 6.07) is 7.69. The molecule has 0 spiro atoms. The molecule has 1 heterocycles. The van der Waals surface area contributed by atoms with Crippen LogP contribution < -0.4 is 10.2 Å². The Morgan fingerprint density at radius 3 is 2.09 bits per heavy atom. The highest BCUT2D eigenvalue weighted by Crippen LogP contribution is 2.36. The molecule has 0 aromatic heterocycles. The fraction of sp³-hybridized carbons (Fsp3) is 0.625. The van der Waals surface area contributed by atoms with Crippen LogP contribution in [0.25, 0.3) is 0 Å². The topological polar surface area (TPSA) is 57.2 Å². The highest BCUT2D eigenvalue weighted by atomic mass is 16.7. The van der Waals surface area contributed by atoms with E-state index in [0.29, 0.717) is 19.8 Å². The average Bonchev–Trinajstić information content (AvgIpc) is 2.68. The summed E-state index contributed by atoms with van der Waals surface area (Å²) in [5.74, 6) is 0.771. The number of hydrogen-bond donors (Lipinski definition) is 1. The Morgan fingerprint density at radius 1 is 0.955 bits per heavy atom. The first-order valence-electron chi connectivity index (χ1n) is 7.63. The van der Waals surface area contributed by atoms with Gasteiger partial charge in [0, 0.05) is 0 Å². The van der Waals surface area contributed by atoms with Crippen LogP contribution in [-0.2, 0) is 14.0 Å². The number of rotatable bonds is 7. The zero-order chi connectivity index (χ0) is 16.2. The van der Waals surface area contributed by atoms with Gasteiger partial charge in [-0.25, -0.2) is 0 Å². The van der Waals surface area contributed by atoms with Crippen LogP contribution in [0.15, 0.2) is 24.3 Å². The molecule has 22 heavy (non-hydrogen) atoms. The van der Waals surface area contributed by atoms with E-state index in [4.69, 9.17) is 23.9 Å². The van der Waals surface area contributed by atoms with E-state index in [2.05, 4.69) is 0 Å². The smallest absolute Gasteiger partial charge is 0.491 e. The molecule has 0 unspecified atom stereocenters. The van der Waals surface area contributed by atoms with Gasteiger partial charge in [0.1, 0.15) is 12.4 Å². The van der Waals surface area contributed by atoms with Gasteiger partial charge in [-0.2, -0.15) is 0 Å². The van der Waals surface area contributed by atoms with Gasteiger partial charge in [-0.1, -0.05) is 12.1 Å². The summed E-state index contributed by atoms with van der Waals surface area (Å²) in [5.41, 5.74) is 0.302. The average molecular weight is 308 g/mol. The summed E-state index contributed by atoms with van der Waals surface area (Å²) in [6.45, 7) is 9.43. The van der Waals surface area contributed by atoms with Crippen LogP contribution >= 0.6 is 0 Å². The van der Waals surface area contributed by atoms with Crippen LogP contribution in [-0.4, -0.2) is 49.9 Å². The normalized spacial score (nSPS) is 19.4. The van der Waals surface area contributed by atoms with Crippen LogP contribution in [0.4, 0.5) is 0 Å². The van der Waals surface area contributed by atoms with E-state index < -0.39 is 0 Å². The van der Waals surface area contributed by atoms with Crippen molar-refractivity contribution in [1.82, 2.24) is 0 Å². The van der Waals surface area contributed by atoms with Crippen molar-refractivity contribution in [2.24, 2.45) is 0 Å². The summed E-state index contributed by atoms with van der Waals surface area (Å²) >= 11 is 0. The highest BCUT2D eigenvalue weighted by Gasteiger charge is 2.51. The fourth-order valence-electron chi connectivity index (χ4n) is 2.09. The zero-order valence-electron chi connectivity index (χ0n) is 13.8. The van der Waals surface area contributed by atoms with Gasteiger partial charge in [0.2, 0.25) is 0 Å². The van der Waals surface area contributed by atoms with Crippen molar-refractivity contribution >= 4 is 12.6 Å². The second-order valence-corrected chi connectivity index (χ2v) is 6.34. The lowest BCUT2D eigenvalue weighted by Crippen LogP contribution is -2.41. The van der Waals surface area contributed by atoms with Gasteiger partial charge in [-0.15, -0.1) is 0 Å². The molecular formula is C16H25BO5. The van der Waals surface area contributed by atoms with E-state index in [1.165, 1.54) is 0 Å². The molecule has 1 aliphatic heterocycles. The molecule has 5 nitrogen and oxygen atoms in total. The predicted molar refractivity (Wildman–Crippen MR) is 85.6 cm³/mol. The van der Waals surface area contributed by atoms with Crippen molar-refractivity contribution in [2.45, 2.75) is 38.9 Å². The molecular weight excluding hydrogens is 283 g/mol. The Hall–Kier alpha value is -1.08. The van der Waals surface area contributed by atoms with Gasteiger partial charge in [0.25, 0.3) is 0 Å². The molecule has 0 aliphatic carbocycles. The zero-order valence-corrected chi connectivity index (χ0v) is 13.8. The molecule has 0 saturated carbocycles. The first-order chi connectivity index (χ1) is 10.4. The summed E-state index contributed by atoms with van der Waals surface area (Å²) in [5, 5.41) is 8.60. The molecule has 1 N–H and O–H groups in total. The molecule has 6 heteroatoms. The fourth-order valence-corrected chi connectivity index (χ4v) is 2.09. The maximum absolute atomic E-state index is 8.60. The lowest BCUT2D eigenvalue weighted by molar-refractivity contribution is 0.00578. The molecule has 1 aromatic carbocycles. The second-order valence-electron chi connectivity index (χ2n) is 6.34. The van der Waals surface area contributed by atoms with Crippen molar-refractivity contribution in [3.8, 4) is 5.75 Å². The van der Waals surface area contributed by atoms with Crippen LogP contribution in [0.3, 0.4) is 0 Å². The first-order valence-corrected chi connectivity index (χ1v) is 7.63. The van der Waals surface area contributed by atoms with E-state index in [-0.39, 0.29) is 24.9 Å². The molecule has 0 atom stereocenters. The third-order valence-corrected chi connectivity index (χ3v) is 4.14. The standard InChI is InChI=1S/C16H25BO5/c1-15(2)16(3,4)22-17(21-15)13-5-7-14(8-6-13)20-12-11-19-10-9-18/h5-8,18H,9-12H2,1-4H3. The monoisotopic (exact) mass is 308 g/mol. The van der Waals surface area contributed by atoms with E-state index in [1.807, 2.05) is 52.0 Å². The van der Waals surface area contributed by atoms with Crippen LogP contribution in [0.5, 0.6) is 5.75 Å². The second kappa shape index (κ2) is 7.00. The van der Waals surface area contributed by atoms with E-state index in [0.717, 1.165) is 11.2 Å². The lowest BCUT2D eigenvalue weighted by Gasteiger charge is -2.32. The Kier molecular flexibility index (Phi) is 5.50. The van der Waals surface area contributed by atoms with Crippen molar-refractivity contribution < 1.29 is 23.9 Å². The molecule has 0 bridgehead atoms. The maximum Gasteiger partial charge on any atom is 0.494 e. The van der Waals surface area contributed by atoms with Gasteiger partial charge in [-0.05, 0) is 45.3 Å². The number of aliphatic hydroxyl groups is 1. The van der Waals surface area contributed by atoms with E-state index in [1.54, 1.807) is 0 Å². The molecule has 1 fully saturated rings.